The summed E-state index contributed by atoms with van der Waals surface area (Å²) >= 11 is 0. The van der Waals surface area contributed by atoms with Crippen LogP contribution in [0.2, 0.25) is 0 Å². The minimum absolute atomic E-state index is 0.0615. The highest BCUT2D eigenvalue weighted by Crippen LogP contribution is 2.28. The number of phenolic OH excluding ortho intramolecular Hbond substituents is 2. The van der Waals surface area contributed by atoms with E-state index < -0.39 is 30.2 Å². The van der Waals surface area contributed by atoms with Gasteiger partial charge in [-0.05, 0) is 35.4 Å². The highest BCUT2D eigenvalue weighted by molar-refractivity contribution is 6.02. The molecule has 0 amide bonds. The first-order valence-electron chi connectivity index (χ1n) is 8.88. The van der Waals surface area contributed by atoms with E-state index >= 15 is 0 Å². The van der Waals surface area contributed by atoms with Crippen LogP contribution in [0.1, 0.15) is 17.5 Å². The van der Waals surface area contributed by atoms with Gasteiger partial charge in [-0.2, -0.15) is 0 Å². The molecule has 0 aliphatic carbocycles. The van der Waals surface area contributed by atoms with E-state index in [1.807, 2.05) is 0 Å². The van der Waals surface area contributed by atoms with Crippen molar-refractivity contribution in [3.8, 4) is 23.0 Å². The maximum absolute atomic E-state index is 12.2. The van der Waals surface area contributed by atoms with Gasteiger partial charge in [0.15, 0.2) is 34.6 Å². The second kappa shape index (κ2) is 9.90. The van der Waals surface area contributed by atoms with Gasteiger partial charge in [-0.1, -0.05) is 12.1 Å². The molecule has 0 radical (unpaired) electrons. The largest absolute Gasteiger partial charge is 0.504 e. The van der Waals surface area contributed by atoms with E-state index in [-0.39, 0.29) is 35.8 Å². The third-order valence-electron chi connectivity index (χ3n) is 4.44. The summed E-state index contributed by atoms with van der Waals surface area (Å²) in [6.07, 6.45) is -3.61. The van der Waals surface area contributed by atoms with Gasteiger partial charge < -0.3 is 29.9 Å². The first-order valence-corrected chi connectivity index (χ1v) is 8.88. The molecular formula is C21H24O8. The maximum Gasteiger partial charge on any atom is 0.169 e. The van der Waals surface area contributed by atoms with Crippen LogP contribution in [0.5, 0.6) is 23.0 Å². The Labute approximate surface area is 168 Å². The molecule has 0 aromatic heterocycles. The predicted molar refractivity (Wildman–Crippen MR) is 103 cm³/mol. The number of aliphatic hydroxyl groups excluding tert-OH is 2. The van der Waals surface area contributed by atoms with E-state index in [9.17, 15) is 30.0 Å². The number of methoxy groups -OCH3 is 2. The van der Waals surface area contributed by atoms with E-state index in [1.54, 1.807) is 0 Å². The molecule has 0 bridgehead atoms. The highest BCUT2D eigenvalue weighted by Gasteiger charge is 2.24. The molecule has 8 nitrogen and oxygen atoms in total. The summed E-state index contributed by atoms with van der Waals surface area (Å²) in [5.41, 5.74) is 1.09. The van der Waals surface area contributed by atoms with Crippen LogP contribution < -0.4 is 9.47 Å². The zero-order valence-corrected chi connectivity index (χ0v) is 16.2. The van der Waals surface area contributed by atoms with Crippen LogP contribution in [-0.2, 0) is 22.4 Å². The molecule has 0 aliphatic heterocycles. The Morgan fingerprint density at radius 2 is 1.17 bits per heavy atom. The fourth-order valence-electron chi connectivity index (χ4n) is 2.78. The topological polar surface area (TPSA) is 134 Å². The molecule has 0 saturated heterocycles. The zero-order chi connectivity index (χ0) is 21.6. The first kappa shape index (κ1) is 22.2. The predicted octanol–water partition coefficient (Wildman–Crippen LogP) is 1.15. The SMILES string of the molecule is COc1cc(CC(O)C(=O)CC(=O)C(O)Cc2ccc(O)c(OC)c2)ccc1O. The van der Waals surface area contributed by atoms with Gasteiger partial charge in [0.05, 0.1) is 20.6 Å². The molecule has 0 heterocycles. The van der Waals surface area contributed by atoms with Crippen molar-refractivity contribution in [2.45, 2.75) is 31.5 Å². The number of phenols is 2. The summed E-state index contributed by atoms with van der Waals surface area (Å²) in [6.45, 7) is 0. The average Bonchev–Trinajstić information content (AvgIpc) is 2.70. The van der Waals surface area contributed by atoms with Gasteiger partial charge in [-0.15, -0.1) is 0 Å². The molecule has 4 N–H and O–H groups in total. The fourth-order valence-corrected chi connectivity index (χ4v) is 2.78. The summed E-state index contributed by atoms with van der Waals surface area (Å²) < 4.78 is 9.95. The molecule has 0 aliphatic rings. The maximum atomic E-state index is 12.2. The van der Waals surface area contributed by atoms with E-state index in [2.05, 4.69) is 0 Å². The van der Waals surface area contributed by atoms with Gasteiger partial charge in [0, 0.05) is 12.8 Å². The Kier molecular flexibility index (Phi) is 7.58. The van der Waals surface area contributed by atoms with Gasteiger partial charge in [0.1, 0.15) is 12.2 Å². The van der Waals surface area contributed by atoms with Gasteiger partial charge in [0.2, 0.25) is 0 Å². The molecule has 0 saturated carbocycles. The lowest BCUT2D eigenvalue weighted by Gasteiger charge is -2.14. The van der Waals surface area contributed by atoms with Crippen LogP contribution in [0.4, 0.5) is 0 Å². The van der Waals surface area contributed by atoms with E-state index in [1.165, 1.54) is 50.6 Å². The number of hydrogen-bond donors (Lipinski definition) is 4. The lowest BCUT2D eigenvalue weighted by Crippen LogP contribution is -2.31. The Balaban J connectivity index is 1.94. The second-order valence-electron chi connectivity index (χ2n) is 6.56. The monoisotopic (exact) mass is 404 g/mol. The lowest BCUT2D eigenvalue weighted by molar-refractivity contribution is -0.136. The van der Waals surface area contributed by atoms with Gasteiger partial charge in [-0.25, -0.2) is 0 Å². The lowest BCUT2D eigenvalue weighted by atomic mass is 9.97. The van der Waals surface area contributed by atoms with Crippen LogP contribution in [0.25, 0.3) is 0 Å². The van der Waals surface area contributed by atoms with E-state index in [0.717, 1.165) is 0 Å². The minimum atomic E-state index is -1.44. The van der Waals surface area contributed by atoms with Crippen LogP contribution in [0, 0.1) is 0 Å². The first-order chi connectivity index (χ1) is 13.7. The Bertz CT molecular complexity index is 805. The number of Topliss-reactive ketones (excluding diaryl/α,β-unsaturated/α-hetero) is 2. The number of hydrogen-bond acceptors (Lipinski definition) is 8. The average molecular weight is 404 g/mol. The Morgan fingerprint density at radius 1 is 0.793 bits per heavy atom. The van der Waals surface area contributed by atoms with Crippen molar-refractivity contribution >= 4 is 11.6 Å². The highest BCUT2D eigenvalue weighted by atomic mass is 16.5. The van der Waals surface area contributed by atoms with Gasteiger partial charge >= 0.3 is 0 Å². The molecule has 0 spiro atoms. The van der Waals surface area contributed by atoms with E-state index in [4.69, 9.17) is 9.47 Å². The van der Waals surface area contributed by atoms with Gasteiger partial charge in [0.25, 0.3) is 0 Å². The standard InChI is InChI=1S/C21H24O8/c1-28-20-9-12(3-5-14(20)22)7-16(24)18(26)11-19(27)17(25)8-13-4-6-15(23)21(10-13)29-2/h3-6,9-10,16-17,22-25H,7-8,11H2,1-2H3. The summed E-state index contributed by atoms with van der Waals surface area (Å²) in [4.78, 5) is 24.3. The van der Waals surface area contributed by atoms with Crippen LogP contribution in [0.3, 0.4) is 0 Å². The Hall–Kier alpha value is -3.10. The zero-order valence-electron chi connectivity index (χ0n) is 16.2. The van der Waals surface area contributed by atoms with E-state index in [0.29, 0.717) is 11.1 Å². The van der Waals surface area contributed by atoms with Crippen LogP contribution >= 0.6 is 0 Å². The number of ether oxygens (including phenoxy) is 2. The summed E-state index contributed by atoms with van der Waals surface area (Å²) in [7, 11) is 2.76. The van der Waals surface area contributed by atoms with Crippen LogP contribution in [-0.4, -0.2) is 58.4 Å². The van der Waals surface area contributed by atoms with Crippen molar-refractivity contribution in [2.24, 2.45) is 0 Å². The quantitative estimate of drug-likeness (QED) is 0.434. The molecule has 2 unspecified atom stereocenters. The summed E-state index contributed by atoms with van der Waals surface area (Å²) in [6, 6.07) is 8.80. The van der Waals surface area contributed by atoms with Crippen molar-refractivity contribution in [3.63, 3.8) is 0 Å². The molecule has 8 heteroatoms. The minimum Gasteiger partial charge on any atom is -0.504 e. The van der Waals surface area contributed by atoms with Crippen molar-refractivity contribution in [1.29, 1.82) is 0 Å². The van der Waals surface area contributed by atoms with Crippen LogP contribution in [0.15, 0.2) is 36.4 Å². The number of aromatic hydroxyl groups is 2. The molecule has 2 atom stereocenters. The van der Waals surface area contributed by atoms with Crippen molar-refractivity contribution in [2.75, 3.05) is 14.2 Å². The number of rotatable bonds is 10. The number of benzene rings is 2. The normalized spacial score (nSPS) is 12.8. The number of aliphatic hydroxyl groups is 2. The molecule has 0 fully saturated rings. The van der Waals surface area contributed by atoms with Gasteiger partial charge in [-0.3, -0.25) is 9.59 Å². The third-order valence-corrected chi connectivity index (χ3v) is 4.44. The smallest absolute Gasteiger partial charge is 0.169 e. The molecule has 2 rings (SSSR count). The molecule has 156 valence electrons. The van der Waals surface area contributed by atoms with Crippen molar-refractivity contribution in [1.82, 2.24) is 0 Å². The molecule has 2 aromatic rings. The number of carbonyl (C=O) groups is 2. The second-order valence-corrected chi connectivity index (χ2v) is 6.56. The molecular weight excluding hydrogens is 380 g/mol. The number of carbonyl (C=O) groups excluding carboxylic acids is 2. The summed E-state index contributed by atoms with van der Waals surface area (Å²) in [5, 5.41) is 39.3. The molecule has 29 heavy (non-hydrogen) atoms. The third kappa shape index (κ3) is 5.94. The van der Waals surface area contributed by atoms with Crippen molar-refractivity contribution < 1.29 is 39.5 Å². The summed E-state index contributed by atoms with van der Waals surface area (Å²) in [5.74, 6) is -1.16. The molecule has 2 aromatic carbocycles. The Morgan fingerprint density at radius 3 is 1.52 bits per heavy atom. The number of ketones is 2. The van der Waals surface area contributed by atoms with Crippen molar-refractivity contribution in [3.05, 3.63) is 47.5 Å². The fraction of sp³-hybridized carbons (Fsp3) is 0.333.